The van der Waals surface area contributed by atoms with Crippen LogP contribution >= 0.6 is 0 Å². The van der Waals surface area contributed by atoms with Gasteiger partial charge < -0.3 is 9.80 Å². The second kappa shape index (κ2) is 6.41. The second-order valence-corrected chi connectivity index (χ2v) is 4.88. The Bertz CT molecular complexity index is 137. The molecule has 2 heteroatoms. The molecule has 0 spiro atoms. The summed E-state index contributed by atoms with van der Waals surface area (Å²) in [7, 11) is 4.35. The first-order valence-electron chi connectivity index (χ1n) is 6.09. The van der Waals surface area contributed by atoms with Gasteiger partial charge in [0.05, 0.1) is 0 Å². The Kier molecular flexibility index (Phi) is 5.49. The van der Waals surface area contributed by atoms with E-state index in [0.717, 1.165) is 5.92 Å². The van der Waals surface area contributed by atoms with Crippen LogP contribution in [0.3, 0.4) is 0 Å². The van der Waals surface area contributed by atoms with Crippen LogP contribution in [0, 0.1) is 5.92 Å². The number of piperidine rings is 1. The van der Waals surface area contributed by atoms with Gasteiger partial charge >= 0.3 is 0 Å². The van der Waals surface area contributed by atoms with E-state index in [-0.39, 0.29) is 0 Å². The van der Waals surface area contributed by atoms with Gasteiger partial charge in [0.15, 0.2) is 0 Å². The maximum atomic E-state index is 2.62. The van der Waals surface area contributed by atoms with Crippen molar-refractivity contribution in [2.75, 3.05) is 40.3 Å². The topological polar surface area (TPSA) is 6.48 Å². The predicted octanol–water partition coefficient (Wildman–Crippen LogP) is 2.06. The van der Waals surface area contributed by atoms with Gasteiger partial charge in [-0.2, -0.15) is 0 Å². The van der Waals surface area contributed by atoms with E-state index in [4.69, 9.17) is 0 Å². The molecule has 0 bridgehead atoms. The van der Waals surface area contributed by atoms with Crippen LogP contribution in [-0.4, -0.2) is 50.1 Å². The van der Waals surface area contributed by atoms with Crippen LogP contribution < -0.4 is 0 Å². The third kappa shape index (κ3) is 4.43. The van der Waals surface area contributed by atoms with Gasteiger partial charge in [-0.25, -0.2) is 0 Å². The summed E-state index contributed by atoms with van der Waals surface area (Å²) in [6.07, 6.45) is 5.55. The van der Waals surface area contributed by atoms with E-state index in [0.29, 0.717) is 0 Å². The Hall–Kier alpha value is -0.0800. The summed E-state index contributed by atoms with van der Waals surface area (Å²) in [6, 6.07) is 0. The molecule has 1 aliphatic rings. The van der Waals surface area contributed by atoms with Gasteiger partial charge in [0.1, 0.15) is 0 Å². The highest BCUT2D eigenvalue weighted by molar-refractivity contribution is 4.72. The van der Waals surface area contributed by atoms with E-state index in [1.807, 2.05) is 0 Å². The van der Waals surface area contributed by atoms with Crippen molar-refractivity contribution in [3.05, 3.63) is 0 Å². The first-order chi connectivity index (χ1) is 6.72. The van der Waals surface area contributed by atoms with Crippen molar-refractivity contribution in [3.8, 4) is 0 Å². The SMILES string of the molecule is CCCN1CCC(CCN(C)C)CC1. The van der Waals surface area contributed by atoms with Gasteiger partial charge in [-0.3, -0.25) is 0 Å². The number of hydrogen-bond acceptors (Lipinski definition) is 2. The minimum atomic E-state index is 0.991. The van der Waals surface area contributed by atoms with Crippen molar-refractivity contribution in [2.45, 2.75) is 32.6 Å². The Morgan fingerprint density at radius 1 is 1.21 bits per heavy atom. The molecule has 0 aromatic carbocycles. The molecule has 0 radical (unpaired) electrons. The zero-order valence-electron chi connectivity index (χ0n) is 10.1. The first-order valence-corrected chi connectivity index (χ1v) is 6.09. The standard InChI is InChI=1S/C12H26N2/c1-4-8-14-10-6-12(7-11-14)5-9-13(2)3/h12H,4-11H2,1-3H3. The monoisotopic (exact) mass is 198 g/mol. The van der Waals surface area contributed by atoms with E-state index in [1.54, 1.807) is 0 Å². The highest BCUT2D eigenvalue weighted by Crippen LogP contribution is 2.20. The molecule has 0 unspecified atom stereocenters. The largest absolute Gasteiger partial charge is 0.309 e. The summed E-state index contributed by atoms with van der Waals surface area (Å²) in [5.74, 6) is 0.991. The van der Waals surface area contributed by atoms with Crippen LogP contribution in [0.15, 0.2) is 0 Å². The van der Waals surface area contributed by atoms with Gasteiger partial charge in [0, 0.05) is 0 Å². The van der Waals surface area contributed by atoms with Gasteiger partial charge in [-0.1, -0.05) is 6.92 Å². The van der Waals surface area contributed by atoms with Crippen molar-refractivity contribution in [3.63, 3.8) is 0 Å². The molecule has 0 aromatic rings. The average Bonchev–Trinajstić information content (AvgIpc) is 2.17. The highest BCUT2D eigenvalue weighted by atomic mass is 15.1. The van der Waals surface area contributed by atoms with Crippen LogP contribution in [0.4, 0.5) is 0 Å². The van der Waals surface area contributed by atoms with Crippen LogP contribution in [-0.2, 0) is 0 Å². The zero-order chi connectivity index (χ0) is 10.4. The summed E-state index contributed by atoms with van der Waals surface area (Å²) in [5, 5.41) is 0. The lowest BCUT2D eigenvalue weighted by atomic mass is 9.93. The Labute approximate surface area is 89.3 Å². The number of rotatable bonds is 5. The molecule has 2 nitrogen and oxygen atoms in total. The second-order valence-electron chi connectivity index (χ2n) is 4.88. The van der Waals surface area contributed by atoms with E-state index in [2.05, 4.69) is 30.8 Å². The van der Waals surface area contributed by atoms with Crippen molar-refractivity contribution < 1.29 is 0 Å². The smallest absolute Gasteiger partial charge is 0.00161 e. The third-order valence-electron chi connectivity index (χ3n) is 3.23. The minimum Gasteiger partial charge on any atom is -0.309 e. The molecular weight excluding hydrogens is 172 g/mol. The molecular formula is C12H26N2. The minimum absolute atomic E-state index is 0.991. The maximum absolute atomic E-state index is 2.62. The molecule has 0 amide bonds. The van der Waals surface area contributed by atoms with E-state index in [9.17, 15) is 0 Å². The summed E-state index contributed by atoms with van der Waals surface area (Å²) < 4.78 is 0. The molecule has 1 fully saturated rings. The van der Waals surface area contributed by atoms with Crippen LogP contribution in [0.2, 0.25) is 0 Å². The van der Waals surface area contributed by atoms with Crippen LogP contribution in [0.5, 0.6) is 0 Å². The summed E-state index contributed by atoms with van der Waals surface area (Å²) >= 11 is 0. The molecule has 0 atom stereocenters. The Balaban J connectivity index is 2.09. The lowest BCUT2D eigenvalue weighted by Gasteiger charge is -2.32. The van der Waals surface area contributed by atoms with Crippen LogP contribution in [0.25, 0.3) is 0 Å². The number of likely N-dealkylation sites (tertiary alicyclic amines) is 1. The fourth-order valence-corrected chi connectivity index (χ4v) is 2.26. The van der Waals surface area contributed by atoms with Gasteiger partial charge in [0.2, 0.25) is 0 Å². The van der Waals surface area contributed by atoms with Crippen molar-refractivity contribution >= 4 is 0 Å². The summed E-state index contributed by atoms with van der Waals surface area (Å²) in [4.78, 5) is 4.92. The van der Waals surface area contributed by atoms with Crippen molar-refractivity contribution in [2.24, 2.45) is 5.92 Å². The quantitative estimate of drug-likeness (QED) is 0.667. The fraction of sp³-hybridized carbons (Fsp3) is 1.00. The molecule has 1 rings (SSSR count). The lowest BCUT2D eigenvalue weighted by molar-refractivity contribution is 0.172. The van der Waals surface area contributed by atoms with Gasteiger partial charge in [0.25, 0.3) is 0 Å². The highest BCUT2D eigenvalue weighted by Gasteiger charge is 2.17. The first kappa shape index (κ1) is 12.0. The third-order valence-corrected chi connectivity index (χ3v) is 3.23. The molecule has 1 saturated heterocycles. The van der Waals surface area contributed by atoms with E-state index < -0.39 is 0 Å². The fourth-order valence-electron chi connectivity index (χ4n) is 2.26. The van der Waals surface area contributed by atoms with Crippen molar-refractivity contribution in [1.29, 1.82) is 0 Å². The summed E-state index contributed by atoms with van der Waals surface area (Å²) in [5.41, 5.74) is 0. The molecule has 84 valence electrons. The van der Waals surface area contributed by atoms with Gasteiger partial charge in [-0.15, -0.1) is 0 Å². The molecule has 0 aliphatic carbocycles. The summed E-state index contributed by atoms with van der Waals surface area (Å²) in [6.45, 7) is 7.52. The average molecular weight is 198 g/mol. The Morgan fingerprint density at radius 2 is 1.86 bits per heavy atom. The molecule has 0 saturated carbocycles. The number of hydrogen-bond donors (Lipinski definition) is 0. The van der Waals surface area contributed by atoms with E-state index >= 15 is 0 Å². The van der Waals surface area contributed by atoms with Gasteiger partial charge in [-0.05, 0) is 71.9 Å². The predicted molar refractivity (Wildman–Crippen MR) is 62.6 cm³/mol. The Morgan fingerprint density at radius 3 is 2.36 bits per heavy atom. The molecule has 0 N–H and O–H groups in total. The molecule has 0 aromatic heterocycles. The van der Waals surface area contributed by atoms with Crippen LogP contribution in [0.1, 0.15) is 32.6 Å². The van der Waals surface area contributed by atoms with E-state index in [1.165, 1.54) is 51.9 Å². The maximum Gasteiger partial charge on any atom is -0.00161 e. The molecule has 14 heavy (non-hydrogen) atoms. The molecule has 1 aliphatic heterocycles. The number of nitrogens with zero attached hydrogens (tertiary/aromatic N) is 2. The molecule has 1 heterocycles. The zero-order valence-corrected chi connectivity index (χ0v) is 10.1. The normalized spacial score (nSPS) is 20.6. The van der Waals surface area contributed by atoms with Crippen molar-refractivity contribution in [1.82, 2.24) is 9.80 Å². The lowest BCUT2D eigenvalue weighted by Crippen LogP contribution is -2.35.